The smallest absolute Gasteiger partial charge is 0.194 e. The summed E-state index contributed by atoms with van der Waals surface area (Å²) in [6.45, 7) is 4.60. The lowest BCUT2D eigenvalue weighted by Gasteiger charge is -2.43. The van der Waals surface area contributed by atoms with Crippen LogP contribution in [0.15, 0.2) is 207 Å². The molecule has 0 bridgehead atoms. The maximum absolute atomic E-state index is 2.76. The van der Waals surface area contributed by atoms with Gasteiger partial charge < -0.3 is 0 Å². The molecule has 2 aliphatic heterocycles. The molecule has 4 aliphatic rings. The van der Waals surface area contributed by atoms with E-state index in [0.29, 0.717) is 0 Å². The molecule has 0 radical (unpaired) electrons. The van der Waals surface area contributed by atoms with Gasteiger partial charge in [-0.3, -0.25) is 0 Å². The highest BCUT2D eigenvalue weighted by Crippen LogP contribution is 2.66. The molecule has 0 N–H and O–H groups in total. The Morgan fingerprint density at radius 2 is 0.847 bits per heavy atom. The van der Waals surface area contributed by atoms with Crippen molar-refractivity contribution < 1.29 is 9.13 Å². The molecule has 2 spiro atoms. The third-order valence-corrected chi connectivity index (χ3v) is 18.3. The number of aromatic nitrogens is 4. The summed E-state index contributed by atoms with van der Waals surface area (Å²) in [7, 11) is 0. The van der Waals surface area contributed by atoms with Crippen molar-refractivity contribution in [3.05, 3.63) is 251 Å². The fraction of sp³-hybridized carbons (Fsp3) is 0.0588. The molecule has 4 heteroatoms. The van der Waals surface area contributed by atoms with E-state index in [1.165, 1.54) is 165 Å². The van der Waals surface area contributed by atoms with E-state index in [4.69, 9.17) is 0 Å². The van der Waals surface area contributed by atoms with Crippen LogP contribution in [0.3, 0.4) is 0 Å². The second-order valence-corrected chi connectivity index (χ2v) is 21.1. The Bertz CT molecular complexity index is 5140. The maximum atomic E-state index is 2.76. The van der Waals surface area contributed by atoms with Crippen molar-refractivity contribution in [3.63, 3.8) is 0 Å². The predicted molar refractivity (Wildman–Crippen MR) is 293 cm³/mol. The highest BCUT2D eigenvalue weighted by atomic mass is 15.4. The van der Waals surface area contributed by atoms with Crippen LogP contribution in [-0.4, -0.2) is 8.80 Å². The van der Waals surface area contributed by atoms with Gasteiger partial charge in [0.25, 0.3) is 11.3 Å². The average Bonchev–Trinajstić information content (AvgIpc) is 4.28. The lowest BCUT2D eigenvalue weighted by Crippen LogP contribution is -2.72. The van der Waals surface area contributed by atoms with Gasteiger partial charge in [-0.05, 0) is 90.7 Å². The quantitative estimate of drug-likeness (QED) is 0.115. The number of hydrogen-bond donors (Lipinski definition) is 0. The number of nitrogens with zero attached hydrogens (tertiary/aromatic N) is 4. The van der Waals surface area contributed by atoms with Crippen molar-refractivity contribution >= 4 is 97.7 Å². The third kappa shape index (κ3) is 3.61. The molecular weight excluding hydrogens is 873 g/mol. The Hall–Kier alpha value is -9.12. The largest absolute Gasteiger partial charge is 0.308 e. The van der Waals surface area contributed by atoms with Gasteiger partial charge in [0, 0.05) is 37.9 Å². The molecule has 11 aromatic carbocycles. The van der Waals surface area contributed by atoms with Crippen LogP contribution in [0, 0.1) is 13.8 Å². The van der Waals surface area contributed by atoms with Gasteiger partial charge in [0.2, 0.25) is 0 Å². The lowest BCUT2D eigenvalue weighted by molar-refractivity contribution is -0.944. The van der Waals surface area contributed by atoms with Crippen LogP contribution in [0.1, 0.15) is 44.5 Å². The summed E-state index contributed by atoms with van der Waals surface area (Å²) >= 11 is 0. The number of pyridine rings is 2. The number of aryl methyl sites for hydroxylation is 2. The van der Waals surface area contributed by atoms with E-state index in [-0.39, 0.29) is 0 Å². The maximum Gasteiger partial charge on any atom is 0.308 e. The second kappa shape index (κ2) is 11.9. The van der Waals surface area contributed by atoms with Gasteiger partial charge in [0.1, 0.15) is 29.6 Å². The van der Waals surface area contributed by atoms with Gasteiger partial charge in [0.15, 0.2) is 5.69 Å². The molecular formula is C68H40N4+2. The van der Waals surface area contributed by atoms with Crippen LogP contribution in [-0.2, 0) is 11.1 Å². The van der Waals surface area contributed by atoms with Crippen LogP contribution in [0.2, 0.25) is 0 Å². The molecule has 19 rings (SSSR count). The number of imidazole rings is 2. The zero-order chi connectivity index (χ0) is 46.7. The molecule has 4 nitrogen and oxygen atoms in total. The minimum absolute atomic E-state index is 0.595. The van der Waals surface area contributed by atoms with Crippen LogP contribution in [0.25, 0.3) is 120 Å². The number of benzene rings is 11. The summed E-state index contributed by atoms with van der Waals surface area (Å²) in [5.74, 6) is 0. The molecule has 0 fully saturated rings. The third-order valence-electron chi connectivity index (χ3n) is 18.3. The Kier molecular flexibility index (Phi) is 6.08. The Balaban J connectivity index is 1.15. The van der Waals surface area contributed by atoms with E-state index in [1.54, 1.807) is 0 Å². The van der Waals surface area contributed by atoms with Crippen molar-refractivity contribution in [2.24, 2.45) is 0 Å². The first-order valence-electron chi connectivity index (χ1n) is 25.4. The van der Waals surface area contributed by atoms with E-state index in [0.717, 1.165) is 0 Å². The van der Waals surface area contributed by atoms with E-state index >= 15 is 0 Å². The second-order valence-electron chi connectivity index (χ2n) is 21.1. The Labute approximate surface area is 412 Å². The predicted octanol–water partition coefficient (Wildman–Crippen LogP) is 14.9. The Morgan fingerprint density at radius 3 is 1.43 bits per heavy atom. The number of hydrogen-bond acceptors (Lipinski definition) is 0. The molecule has 4 aromatic heterocycles. The van der Waals surface area contributed by atoms with Gasteiger partial charge in [-0.15, -0.1) is 0 Å². The number of fused-ring (bicyclic) bond motifs is 23. The summed E-state index contributed by atoms with van der Waals surface area (Å²) in [5, 5.41) is 18.1. The van der Waals surface area contributed by atoms with E-state index in [1.807, 2.05) is 0 Å². The first kappa shape index (κ1) is 36.8. The topological polar surface area (TPSA) is 16.6 Å². The van der Waals surface area contributed by atoms with Crippen molar-refractivity contribution in [2.75, 3.05) is 0 Å². The molecule has 0 saturated heterocycles. The first-order valence-corrected chi connectivity index (χ1v) is 25.4. The molecule has 2 aliphatic carbocycles. The minimum Gasteiger partial charge on any atom is -0.194 e. The highest BCUT2D eigenvalue weighted by molar-refractivity contribution is 6.34. The van der Waals surface area contributed by atoms with Gasteiger partial charge in [-0.2, -0.15) is 17.9 Å². The van der Waals surface area contributed by atoms with Crippen LogP contribution >= 0.6 is 0 Å². The standard InChI is InChI=1S/C68H40N4/c1-37-16-15-17-38(2)56(37)55-36-71-66-60-50(58-46-25-8-4-19-40(46)42-21-6-10-27-48(42)64(58)72(55)66)31-33-54-62(60)68(71)61-53(67(54)51-28-13-11-22-43(51)44-23-12-14-29-52(44)67)32-30-49-57-45-24-7-3-18-39(45)41-20-5-9-26-47(41)63(57)69-34-35-70(68)65(69)59(49)61/h3-36H,1-2H3/q+2. The summed E-state index contributed by atoms with van der Waals surface area (Å²) in [6, 6.07) is 72.1. The van der Waals surface area contributed by atoms with Gasteiger partial charge in [-0.25, -0.2) is 0 Å². The van der Waals surface area contributed by atoms with Crippen LogP contribution in [0.4, 0.5) is 0 Å². The summed E-state index contributed by atoms with van der Waals surface area (Å²) in [4.78, 5) is 0. The molecule has 1 atom stereocenters. The first-order chi connectivity index (χ1) is 35.6. The summed E-state index contributed by atoms with van der Waals surface area (Å²) < 4.78 is 10.8. The fourth-order valence-electron chi connectivity index (χ4n) is 16.0. The number of rotatable bonds is 1. The monoisotopic (exact) mass is 912 g/mol. The lowest BCUT2D eigenvalue weighted by atomic mass is 9.58. The normalized spacial score (nSPS) is 16.4. The van der Waals surface area contributed by atoms with E-state index in [2.05, 4.69) is 238 Å². The van der Waals surface area contributed by atoms with Crippen LogP contribution < -0.4 is 9.13 Å². The van der Waals surface area contributed by atoms with Crippen molar-refractivity contribution in [1.82, 2.24) is 8.80 Å². The van der Waals surface area contributed by atoms with Gasteiger partial charge in [-0.1, -0.05) is 188 Å². The molecule has 330 valence electrons. The molecule has 1 unspecified atom stereocenters. The highest BCUT2D eigenvalue weighted by Gasteiger charge is 2.69. The van der Waals surface area contributed by atoms with Gasteiger partial charge >= 0.3 is 5.66 Å². The van der Waals surface area contributed by atoms with Gasteiger partial charge in [0.05, 0.1) is 27.3 Å². The summed E-state index contributed by atoms with van der Waals surface area (Å²) in [6.07, 6.45) is 7.39. The fourth-order valence-corrected chi connectivity index (χ4v) is 16.0. The van der Waals surface area contributed by atoms with Crippen molar-refractivity contribution in [2.45, 2.75) is 24.9 Å². The van der Waals surface area contributed by atoms with E-state index < -0.39 is 11.1 Å². The van der Waals surface area contributed by atoms with E-state index in [9.17, 15) is 0 Å². The molecule has 6 heterocycles. The SMILES string of the molecule is Cc1cccc(C)c1-c1c[n+]2c3c4c5c(ccc4c4c6ccccc6c6ccccc6c4n13)C1(c3ccccc3-c3ccccc31)c1ccc3c4c1C52[n+]1ccn(c2c5ccccc5c5ccccc5c32)c41. The van der Waals surface area contributed by atoms with Crippen LogP contribution in [0.5, 0.6) is 0 Å². The zero-order valence-corrected chi connectivity index (χ0v) is 39.4. The molecule has 15 aromatic rings. The zero-order valence-electron chi connectivity index (χ0n) is 39.4. The van der Waals surface area contributed by atoms with Crippen molar-refractivity contribution in [3.8, 4) is 22.4 Å². The molecule has 0 saturated carbocycles. The average molecular weight is 913 g/mol. The molecule has 0 amide bonds. The Morgan fingerprint density at radius 1 is 0.375 bits per heavy atom. The van der Waals surface area contributed by atoms with Crippen molar-refractivity contribution in [1.29, 1.82) is 0 Å². The summed E-state index contributed by atoms with van der Waals surface area (Å²) in [5.41, 5.74) is 19.5. The molecule has 72 heavy (non-hydrogen) atoms. The minimum atomic E-state index is -0.785.